The van der Waals surface area contributed by atoms with Crippen molar-refractivity contribution in [1.29, 1.82) is 0 Å². The number of halogens is 1. The minimum atomic E-state index is -3.75. The topological polar surface area (TPSA) is 109 Å². The summed E-state index contributed by atoms with van der Waals surface area (Å²) >= 11 is 1.02. The second-order valence-corrected chi connectivity index (χ2v) is 9.68. The average Bonchev–Trinajstić information content (AvgIpc) is 3.41. The number of sulfonamides is 1. The Morgan fingerprint density at radius 3 is 2.50 bits per heavy atom. The van der Waals surface area contributed by atoms with Gasteiger partial charge in [0.1, 0.15) is 5.82 Å². The molecule has 1 aromatic heterocycles. The van der Waals surface area contributed by atoms with E-state index < -0.39 is 14.9 Å². The van der Waals surface area contributed by atoms with Crippen LogP contribution in [0.15, 0.2) is 63.6 Å². The molecule has 1 aliphatic heterocycles. The third-order valence-corrected chi connectivity index (χ3v) is 7.60. The Balaban J connectivity index is 1.62. The molecule has 4 rings (SSSR count). The van der Waals surface area contributed by atoms with Crippen LogP contribution in [0.5, 0.6) is 0 Å². The predicted molar refractivity (Wildman–Crippen MR) is 109 cm³/mol. The molecule has 0 aliphatic carbocycles. The Morgan fingerprint density at radius 1 is 1.13 bits per heavy atom. The van der Waals surface area contributed by atoms with E-state index in [2.05, 4.69) is 9.97 Å². The lowest BCUT2D eigenvalue weighted by molar-refractivity contribution is -0.388. The highest BCUT2D eigenvalue weighted by Gasteiger charge is 2.29. The number of hydrogen-bond acceptors (Lipinski definition) is 6. The zero-order chi connectivity index (χ0) is 21.3. The Hall–Kier alpha value is -2.76. The van der Waals surface area contributed by atoms with Gasteiger partial charge in [-0.2, -0.15) is 4.31 Å². The molecule has 2 heterocycles. The van der Waals surface area contributed by atoms with Gasteiger partial charge in [-0.25, -0.2) is 17.8 Å². The first-order valence-electron chi connectivity index (χ1n) is 9.12. The van der Waals surface area contributed by atoms with Gasteiger partial charge in [-0.1, -0.05) is 0 Å². The van der Waals surface area contributed by atoms with Crippen molar-refractivity contribution in [3.63, 3.8) is 0 Å². The standard InChI is InChI=1S/C19H17FN4O4S2/c20-14-5-3-13(4-6-14)16-12-21-19(22-16)29-18-8-7-15(11-17(18)24(25)26)30(27,28)23-9-1-2-10-23/h3-8,11-12H,1-2,9-10H2,(H,21,22). The SMILES string of the molecule is O=[N+]([O-])c1cc(S(=O)(=O)N2CCCC2)ccc1Sc1ncc(-c2ccc(F)cc2)[nH]1. The molecule has 0 atom stereocenters. The highest BCUT2D eigenvalue weighted by molar-refractivity contribution is 7.99. The summed E-state index contributed by atoms with van der Waals surface area (Å²) in [7, 11) is -3.75. The minimum Gasteiger partial charge on any atom is -0.333 e. The van der Waals surface area contributed by atoms with Crippen molar-refractivity contribution in [2.24, 2.45) is 0 Å². The van der Waals surface area contributed by atoms with Gasteiger partial charge in [0.05, 0.1) is 26.6 Å². The lowest BCUT2D eigenvalue weighted by atomic mass is 10.2. The smallest absolute Gasteiger partial charge is 0.284 e. The molecule has 156 valence electrons. The first-order valence-corrected chi connectivity index (χ1v) is 11.4. The van der Waals surface area contributed by atoms with E-state index in [1.807, 2.05) is 0 Å². The summed E-state index contributed by atoms with van der Waals surface area (Å²) < 4.78 is 39.9. The fraction of sp³-hybridized carbons (Fsp3) is 0.211. The number of hydrogen-bond donors (Lipinski definition) is 1. The minimum absolute atomic E-state index is 0.0908. The van der Waals surface area contributed by atoms with Gasteiger partial charge in [0.15, 0.2) is 5.16 Å². The number of aromatic amines is 1. The van der Waals surface area contributed by atoms with Crippen LogP contribution in [0.25, 0.3) is 11.3 Å². The van der Waals surface area contributed by atoms with Crippen molar-refractivity contribution >= 4 is 27.5 Å². The van der Waals surface area contributed by atoms with Crippen molar-refractivity contribution in [3.05, 3.63) is 64.6 Å². The van der Waals surface area contributed by atoms with E-state index in [1.54, 1.807) is 18.3 Å². The quantitative estimate of drug-likeness (QED) is 0.450. The normalized spacial score (nSPS) is 14.8. The molecule has 1 saturated heterocycles. The predicted octanol–water partition coefficient (Wildman–Crippen LogP) is 4.06. The van der Waals surface area contributed by atoms with Crippen molar-refractivity contribution in [2.75, 3.05) is 13.1 Å². The molecule has 3 aromatic rings. The molecule has 0 amide bonds. The third kappa shape index (κ3) is 4.09. The van der Waals surface area contributed by atoms with Gasteiger partial charge in [-0.05, 0) is 66.6 Å². The molecule has 0 spiro atoms. The van der Waals surface area contributed by atoms with Gasteiger partial charge in [0.2, 0.25) is 10.0 Å². The molecular weight excluding hydrogens is 431 g/mol. The maximum atomic E-state index is 13.1. The van der Waals surface area contributed by atoms with E-state index in [4.69, 9.17) is 0 Å². The molecule has 2 aromatic carbocycles. The summed E-state index contributed by atoms with van der Waals surface area (Å²) in [6.07, 6.45) is 3.11. The second-order valence-electron chi connectivity index (χ2n) is 6.71. The molecule has 0 radical (unpaired) electrons. The van der Waals surface area contributed by atoms with E-state index in [9.17, 15) is 22.9 Å². The van der Waals surface area contributed by atoms with E-state index in [1.165, 1.54) is 28.6 Å². The molecule has 1 aliphatic rings. The van der Waals surface area contributed by atoms with Crippen LogP contribution in [0, 0.1) is 15.9 Å². The number of benzene rings is 2. The summed E-state index contributed by atoms with van der Waals surface area (Å²) in [6, 6.07) is 9.74. The summed E-state index contributed by atoms with van der Waals surface area (Å²) in [4.78, 5) is 18.4. The molecule has 0 saturated carbocycles. The van der Waals surface area contributed by atoms with E-state index in [0.29, 0.717) is 23.9 Å². The molecule has 0 unspecified atom stereocenters. The molecule has 11 heteroatoms. The molecular formula is C19H17FN4O4S2. The number of aromatic nitrogens is 2. The largest absolute Gasteiger partial charge is 0.333 e. The number of nitro benzene ring substituents is 1. The molecule has 0 bridgehead atoms. The highest BCUT2D eigenvalue weighted by atomic mass is 32.2. The first kappa shape index (κ1) is 20.5. The molecule has 1 fully saturated rings. The lowest BCUT2D eigenvalue weighted by Crippen LogP contribution is -2.27. The van der Waals surface area contributed by atoms with Crippen LogP contribution >= 0.6 is 11.8 Å². The van der Waals surface area contributed by atoms with Crippen molar-refractivity contribution in [2.45, 2.75) is 27.8 Å². The van der Waals surface area contributed by atoms with E-state index in [-0.39, 0.29) is 21.3 Å². The first-order chi connectivity index (χ1) is 14.3. The van der Waals surface area contributed by atoms with Crippen molar-refractivity contribution in [3.8, 4) is 11.3 Å². The summed E-state index contributed by atoms with van der Waals surface area (Å²) in [5.74, 6) is -0.354. The van der Waals surface area contributed by atoms with Crippen molar-refractivity contribution < 1.29 is 17.7 Å². The highest BCUT2D eigenvalue weighted by Crippen LogP contribution is 2.36. The van der Waals surface area contributed by atoms with Gasteiger partial charge >= 0.3 is 0 Å². The number of imidazole rings is 1. The zero-order valence-corrected chi connectivity index (χ0v) is 17.2. The Kier molecular flexibility index (Phi) is 5.58. The number of nitro groups is 1. The van der Waals surface area contributed by atoms with Crippen LogP contribution in [-0.2, 0) is 10.0 Å². The van der Waals surface area contributed by atoms with Gasteiger partial charge in [-0.3, -0.25) is 10.1 Å². The summed E-state index contributed by atoms with van der Waals surface area (Å²) in [5, 5.41) is 12.0. The number of rotatable bonds is 6. The van der Waals surface area contributed by atoms with Gasteiger partial charge in [0.25, 0.3) is 5.69 Å². The molecule has 1 N–H and O–H groups in total. The fourth-order valence-electron chi connectivity index (χ4n) is 3.20. The van der Waals surface area contributed by atoms with Crippen molar-refractivity contribution in [1.82, 2.24) is 14.3 Å². The van der Waals surface area contributed by atoms with Crippen LogP contribution in [-0.4, -0.2) is 40.7 Å². The van der Waals surface area contributed by atoms with Crippen LogP contribution in [0.4, 0.5) is 10.1 Å². The maximum absolute atomic E-state index is 13.1. The Bertz CT molecular complexity index is 1190. The zero-order valence-electron chi connectivity index (χ0n) is 15.6. The second kappa shape index (κ2) is 8.17. The lowest BCUT2D eigenvalue weighted by Gasteiger charge is -2.15. The average molecular weight is 449 g/mol. The summed E-state index contributed by atoms with van der Waals surface area (Å²) in [5.41, 5.74) is 1.05. The number of H-pyrrole nitrogens is 1. The molecule has 8 nitrogen and oxygen atoms in total. The van der Waals surface area contributed by atoms with Crippen LogP contribution in [0.1, 0.15) is 12.8 Å². The molecule has 30 heavy (non-hydrogen) atoms. The van der Waals surface area contributed by atoms with Gasteiger partial charge < -0.3 is 4.98 Å². The fourth-order valence-corrected chi connectivity index (χ4v) is 5.59. The Labute approximate surface area is 176 Å². The summed E-state index contributed by atoms with van der Waals surface area (Å²) in [6.45, 7) is 0.844. The van der Waals surface area contributed by atoms with Crippen LogP contribution < -0.4 is 0 Å². The van der Waals surface area contributed by atoms with Gasteiger partial charge in [0, 0.05) is 19.2 Å². The van der Waals surface area contributed by atoms with Crippen LogP contribution in [0.2, 0.25) is 0 Å². The number of nitrogens with zero attached hydrogens (tertiary/aromatic N) is 3. The monoisotopic (exact) mass is 448 g/mol. The number of nitrogens with one attached hydrogen (secondary N) is 1. The maximum Gasteiger partial charge on any atom is 0.284 e. The van der Waals surface area contributed by atoms with Gasteiger partial charge in [-0.15, -0.1) is 0 Å². The van der Waals surface area contributed by atoms with E-state index >= 15 is 0 Å². The third-order valence-electron chi connectivity index (χ3n) is 4.74. The van der Waals surface area contributed by atoms with E-state index in [0.717, 1.165) is 36.2 Å². The Morgan fingerprint density at radius 2 is 1.83 bits per heavy atom. The van der Waals surface area contributed by atoms with Crippen LogP contribution in [0.3, 0.4) is 0 Å².